The smallest absolute Gasteiger partial charge is 0.318 e. The fraction of sp³-hybridized carbons (Fsp3) is 0.333. The number of hydrogen-bond acceptors (Lipinski definition) is 5. The summed E-state index contributed by atoms with van der Waals surface area (Å²) in [7, 11) is 0. The molecule has 3 heterocycles. The summed E-state index contributed by atoms with van der Waals surface area (Å²) >= 11 is 0. The van der Waals surface area contributed by atoms with Gasteiger partial charge in [0, 0.05) is 50.5 Å². The number of rotatable bonds is 4. The summed E-state index contributed by atoms with van der Waals surface area (Å²) in [4.78, 5) is 36.7. The van der Waals surface area contributed by atoms with Gasteiger partial charge in [-0.25, -0.2) is 9.78 Å². The van der Waals surface area contributed by atoms with Crippen LogP contribution in [0.2, 0.25) is 0 Å². The molecule has 2 N–H and O–H groups in total. The van der Waals surface area contributed by atoms with Gasteiger partial charge >= 0.3 is 6.03 Å². The minimum absolute atomic E-state index is 0.233. The molecule has 8 nitrogen and oxygen atoms in total. The molecule has 0 spiro atoms. The lowest BCUT2D eigenvalue weighted by atomic mass is 10.3. The van der Waals surface area contributed by atoms with E-state index in [-0.39, 0.29) is 11.9 Å². The summed E-state index contributed by atoms with van der Waals surface area (Å²) in [5.41, 5.74) is 0.648. The fourth-order valence-corrected chi connectivity index (χ4v) is 2.71. The van der Waals surface area contributed by atoms with Gasteiger partial charge in [-0.3, -0.25) is 9.78 Å². The van der Waals surface area contributed by atoms with Gasteiger partial charge in [0.15, 0.2) is 0 Å². The molecule has 3 rings (SSSR count). The Labute approximate surface area is 152 Å². The lowest BCUT2D eigenvalue weighted by Gasteiger charge is -2.35. The highest BCUT2D eigenvalue weighted by Gasteiger charge is 2.24. The standard InChI is InChI=1S/C18H22N6O2/c1-14(17(25)22-15-5-8-19-9-6-15)21-18(26)24-12-10-23(11-13-24)16-4-2-3-7-20-16/h2-9,14H,10-13H2,1H3,(H,21,26)(H,19,22,25)/t14-/m0/s1. The van der Waals surface area contributed by atoms with Gasteiger partial charge in [0.1, 0.15) is 11.9 Å². The Morgan fingerprint density at radius 1 is 1.04 bits per heavy atom. The van der Waals surface area contributed by atoms with Gasteiger partial charge in [0.05, 0.1) is 0 Å². The summed E-state index contributed by atoms with van der Waals surface area (Å²) in [5, 5.41) is 5.50. The van der Waals surface area contributed by atoms with Crippen LogP contribution in [-0.2, 0) is 4.79 Å². The summed E-state index contributed by atoms with van der Waals surface area (Å²) in [6, 6.07) is 8.32. The zero-order valence-electron chi connectivity index (χ0n) is 14.6. The quantitative estimate of drug-likeness (QED) is 0.865. The molecule has 1 aliphatic heterocycles. The van der Waals surface area contributed by atoms with Crippen molar-refractivity contribution >= 4 is 23.4 Å². The number of nitrogens with zero attached hydrogens (tertiary/aromatic N) is 4. The zero-order chi connectivity index (χ0) is 18.4. The summed E-state index contributed by atoms with van der Waals surface area (Å²) < 4.78 is 0. The minimum Gasteiger partial charge on any atom is -0.353 e. The van der Waals surface area contributed by atoms with Crippen molar-refractivity contribution in [2.45, 2.75) is 13.0 Å². The van der Waals surface area contributed by atoms with Crippen molar-refractivity contribution in [1.29, 1.82) is 0 Å². The van der Waals surface area contributed by atoms with E-state index in [2.05, 4.69) is 25.5 Å². The molecule has 26 heavy (non-hydrogen) atoms. The largest absolute Gasteiger partial charge is 0.353 e. The molecular weight excluding hydrogens is 332 g/mol. The maximum Gasteiger partial charge on any atom is 0.318 e. The summed E-state index contributed by atoms with van der Waals surface area (Å²) in [6.45, 7) is 4.25. The topological polar surface area (TPSA) is 90.5 Å². The molecular formula is C18H22N6O2. The number of piperazine rings is 1. The van der Waals surface area contributed by atoms with Gasteiger partial charge in [0.2, 0.25) is 5.91 Å². The van der Waals surface area contributed by atoms with Gasteiger partial charge in [-0.15, -0.1) is 0 Å². The van der Waals surface area contributed by atoms with Crippen LogP contribution in [0.5, 0.6) is 0 Å². The maximum atomic E-state index is 12.4. The highest BCUT2D eigenvalue weighted by Crippen LogP contribution is 2.12. The van der Waals surface area contributed by atoms with Crippen molar-refractivity contribution in [2.24, 2.45) is 0 Å². The monoisotopic (exact) mass is 354 g/mol. The second kappa shape index (κ2) is 8.28. The molecule has 1 atom stereocenters. The predicted octanol–water partition coefficient (Wildman–Crippen LogP) is 1.34. The van der Waals surface area contributed by atoms with Crippen LogP contribution in [0.1, 0.15) is 6.92 Å². The Bertz CT molecular complexity index is 732. The summed E-state index contributed by atoms with van der Waals surface area (Å²) in [5.74, 6) is 0.648. The number of pyridine rings is 2. The highest BCUT2D eigenvalue weighted by molar-refractivity contribution is 5.96. The van der Waals surface area contributed by atoms with E-state index in [1.165, 1.54) is 0 Å². The first-order valence-electron chi connectivity index (χ1n) is 8.56. The average Bonchev–Trinajstić information content (AvgIpc) is 2.69. The predicted molar refractivity (Wildman–Crippen MR) is 98.9 cm³/mol. The molecule has 0 aliphatic carbocycles. The highest BCUT2D eigenvalue weighted by atomic mass is 16.2. The first kappa shape index (κ1) is 17.7. The van der Waals surface area contributed by atoms with Gasteiger partial charge in [-0.1, -0.05) is 6.07 Å². The molecule has 1 fully saturated rings. The van der Waals surface area contributed by atoms with Crippen molar-refractivity contribution in [2.75, 3.05) is 36.4 Å². The van der Waals surface area contributed by atoms with Crippen LogP contribution in [0.4, 0.5) is 16.3 Å². The second-order valence-electron chi connectivity index (χ2n) is 6.06. The number of hydrogen-bond donors (Lipinski definition) is 2. The van der Waals surface area contributed by atoms with Crippen LogP contribution in [0.3, 0.4) is 0 Å². The molecule has 0 unspecified atom stereocenters. The number of carbonyl (C=O) groups excluding carboxylic acids is 2. The molecule has 1 saturated heterocycles. The SMILES string of the molecule is C[C@H](NC(=O)N1CCN(c2ccccn2)CC1)C(=O)Nc1ccncc1. The Morgan fingerprint density at radius 2 is 1.77 bits per heavy atom. The Balaban J connectivity index is 1.47. The lowest BCUT2D eigenvalue weighted by molar-refractivity contribution is -0.117. The molecule has 2 aromatic heterocycles. The third kappa shape index (κ3) is 4.47. The number of aromatic nitrogens is 2. The van der Waals surface area contributed by atoms with Crippen LogP contribution in [0.25, 0.3) is 0 Å². The fourth-order valence-electron chi connectivity index (χ4n) is 2.71. The third-order valence-electron chi connectivity index (χ3n) is 4.22. The van der Waals surface area contributed by atoms with E-state index in [1.807, 2.05) is 18.2 Å². The van der Waals surface area contributed by atoms with Crippen molar-refractivity contribution in [3.63, 3.8) is 0 Å². The van der Waals surface area contributed by atoms with Crippen molar-refractivity contribution in [3.05, 3.63) is 48.9 Å². The molecule has 0 aromatic carbocycles. The minimum atomic E-state index is -0.635. The van der Waals surface area contributed by atoms with Gasteiger partial charge in [-0.2, -0.15) is 0 Å². The Morgan fingerprint density at radius 3 is 2.42 bits per heavy atom. The number of urea groups is 1. The zero-order valence-corrected chi connectivity index (χ0v) is 14.6. The van der Waals surface area contributed by atoms with Gasteiger partial charge in [0.25, 0.3) is 0 Å². The molecule has 0 bridgehead atoms. The molecule has 1 aliphatic rings. The van der Waals surface area contributed by atoms with E-state index in [4.69, 9.17) is 0 Å². The number of carbonyl (C=O) groups is 2. The van der Waals surface area contributed by atoms with Crippen LogP contribution in [0.15, 0.2) is 48.9 Å². The molecule has 0 saturated carbocycles. The van der Waals surface area contributed by atoms with E-state index in [9.17, 15) is 9.59 Å². The van der Waals surface area contributed by atoms with E-state index in [0.717, 1.165) is 5.82 Å². The number of amides is 3. The molecule has 8 heteroatoms. The molecule has 136 valence electrons. The van der Waals surface area contributed by atoms with Crippen LogP contribution in [0, 0.1) is 0 Å². The van der Waals surface area contributed by atoms with Crippen LogP contribution >= 0.6 is 0 Å². The Kier molecular flexibility index (Phi) is 5.62. The van der Waals surface area contributed by atoms with Crippen LogP contribution in [-0.4, -0.2) is 59.0 Å². The van der Waals surface area contributed by atoms with Crippen molar-refractivity contribution in [3.8, 4) is 0 Å². The molecule has 0 radical (unpaired) electrons. The average molecular weight is 354 g/mol. The summed E-state index contributed by atoms with van der Waals surface area (Å²) in [6.07, 6.45) is 4.96. The normalized spacial score (nSPS) is 15.3. The van der Waals surface area contributed by atoms with Crippen molar-refractivity contribution < 1.29 is 9.59 Å². The maximum absolute atomic E-state index is 12.4. The Hall–Kier alpha value is -3.16. The van der Waals surface area contributed by atoms with Gasteiger partial charge in [-0.05, 0) is 31.2 Å². The van der Waals surface area contributed by atoms with Crippen molar-refractivity contribution in [1.82, 2.24) is 20.2 Å². The number of anilines is 2. The molecule has 3 amide bonds. The van der Waals surface area contributed by atoms with E-state index in [1.54, 1.807) is 42.5 Å². The lowest BCUT2D eigenvalue weighted by Crippen LogP contribution is -2.54. The van der Waals surface area contributed by atoms with Gasteiger partial charge < -0.3 is 20.4 Å². The molecule has 2 aromatic rings. The van der Waals surface area contributed by atoms with Crippen LogP contribution < -0.4 is 15.5 Å². The second-order valence-corrected chi connectivity index (χ2v) is 6.06. The third-order valence-corrected chi connectivity index (χ3v) is 4.22. The van der Waals surface area contributed by atoms with E-state index in [0.29, 0.717) is 31.9 Å². The van der Waals surface area contributed by atoms with E-state index >= 15 is 0 Å². The first-order chi connectivity index (χ1) is 12.6. The van der Waals surface area contributed by atoms with E-state index < -0.39 is 6.04 Å². The first-order valence-corrected chi connectivity index (χ1v) is 8.56. The number of nitrogens with one attached hydrogen (secondary N) is 2.